The molecule has 0 aliphatic carbocycles. The number of alkyl halides is 15. The number of hydrogen-bond acceptors (Lipinski definition) is 5. The molecule has 6 nitrogen and oxygen atoms in total. The second-order valence-electron chi connectivity index (χ2n) is 7.13. The predicted molar refractivity (Wildman–Crippen MR) is 93.8 cm³/mol. The maximum Gasteiger partial charge on any atom is 0.419 e. The first kappa shape index (κ1) is 37.4. The molecular formula is C14H17BrF14O6S. The molecule has 220 valence electrons. The van der Waals surface area contributed by atoms with Crippen molar-refractivity contribution < 1.29 is 89.0 Å². The van der Waals surface area contributed by atoms with Crippen LogP contribution in [-0.2, 0) is 19.6 Å². The van der Waals surface area contributed by atoms with Crippen LogP contribution in [0.2, 0.25) is 0 Å². The second-order valence-corrected chi connectivity index (χ2v) is 9.16. The molecule has 0 amide bonds. The van der Waals surface area contributed by atoms with E-state index in [0.717, 1.165) is 0 Å². The highest BCUT2D eigenvalue weighted by atomic mass is 79.9. The van der Waals surface area contributed by atoms with Crippen LogP contribution in [0.25, 0.3) is 0 Å². The standard InChI is InChI=1S/C13H13BrF14O3.CH4O3S/c14-3-7(4-29,5-30-12(25,26)8(15,16)1-10(19,20)21)6-31-13(27,28)9(17,18)2-11(22,23)24;1-5(2,3)4/h29H,1-6H2;1H3,(H,2,3,4). The van der Waals surface area contributed by atoms with Crippen molar-refractivity contribution in [3.63, 3.8) is 0 Å². The summed E-state index contributed by atoms with van der Waals surface area (Å²) in [5, 5.41) is 8.16. The molecule has 0 aliphatic heterocycles. The van der Waals surface area contributed by atoms with Gasteiger partial charge in [-0.15, -0.1) is 0 Å². The largest absolute Gasteiger partial charge is 0.419 e. The molecule has 0 saturated carbocycles. The molecule has 22 heteroatoms. The Labute approximate surface area is 201 Å². The first-order valence-electron chi connectivity index (χ1n) is 8.47. The minimum absolute atomic E-state index is 0.715. The van der Waals surface area contributed by atoms with Gasteiger partial charge < -0.3 is 14.6 Å². The number of aliphatic hydroxyl groups is 1. The monoisotopic (exact) mass is 658 g/mol. The molecule has 0 aromatic heterocycles. The molecule has 0 radical (unpaired) electrons. The Hall–Kier alpha value is -0.710. The maximum absolute atomic E-state index is 13.4. The fraction of sp³-hybridized carbons (Fsp3) is 1.00. The summed E-state index contributed by atoms with van der Waals surface area (Å²) in [4.78, 5) is 0. The van der Waals surface area contributed by atoms with Gasteiger partial charge in [0, 0.05) is 5.33 Å². The summed E-state index contributed by atoms with van der Waals surface area (Å²) in [6, 6.07) is 0. The highest BCUT2D eigenvalue weighted by Crippen LogP contribution is 2.46. The van der Waals surface area contributed by atoms with Crippen LogP contribution in [0.1, 0.15) is 12.8 Å². The van der Waals surface area contributed by atoms with E-state index in [1.807, 2.05) is 0 Å². The lowest BCUT2D eigenvalue weighted by Gasteiger charge is -2.35. The highest BCUT2D eigenvalue weighted by molar-refractivity contribution is 9.09. The third kappa shape index (κ3) is 14.3. The summed E-state index contributed by atoms with van der Waals surface area (Å²) < 4.78 is 211. The minimum atomic E-state index is -5.87. The molecule has 0 aromatic carbocycles. The van der Waals surface area contributed by atoms with Gasteiger partial charge in [-0.2, -0.15) is 69.9 Å². The second kappa shape index (κ2) is 12.4. The fourth-order valence-electron chi connectivity index (χ4n) is 1.66. The molecule has 0 atom stereocenters. The Morgan fingerprint density at radius 2 is 0.944 bits per heavy atom. The molecule has 2 N–H and O–H groups in total. The van der Waals surface area contributed by atoms with Crippen molar-refractivity contribution in [2.75, 3.05) is 31.4 Å². The van der Waals surface area contributed by atoms with Crippen LogP contribution in [0.4, 0.5) is 61.5 Å². The first-order chi connectivity index (χ1) is 15.4. The Morgan fingerprint density at radius 3 is 1.11 bits per heavy atom. The van der Waals surface area contributed by atoms with Gasteiger partial charge in [0.05, 0.1) is 31.5 Å². The Kier molecular flexibility index (Phi) is 12.9. The van der Waals surface area contributed by atoms with Gasteiger partial charge in [-0.05, 0) is 0 Å². The zero-order chi connectivity index (χ0) is 29.7. The third-order valence-corrected chi connectivity index (χ3v) is 4.62. The predicted octanol–water partition coefficient (Wildman–Crippen LogP) is 5.26. The zero-order valence-corrected chi connectivity index (χ0v) is 19.8. The molecular weight excluding hydrogens is 642 g/mol. The third-order valence-electron chi connectivity index (χ3n) is 3.43. The van der Waals surface area contributed by atoms with Gasteiger partial charge >= 0.3 is 36.4 Å². The average Bonchev–Trinajstić information content (AvgIpc) is 2.56. The zero-order valence-electron chi connectivity index (χ0n) is 17.3. The van der Waals surface area contributed by atoms with Gasteiger partial charge in [0.1, 0.15) is 12.8 Å². The van der Waals surface area contributed by atoms with Crippen molar-refractivity contribution in [2.45, 2.75) is 49.3 Å². The quantitative estimate of drug-likeness (QED) is 0.169. The lowest BCUT2D eigenvalue weighted by Crippen LogP contribution is -2.51. The van der Waals surface area contributed by atoms with E-state index in [9.17, 15) is 69.9 Å². The van der Waals surface area contributed by atoms with Crippen molar-refractivity contribution in [1.82, 2.24) is 0 Å². The smallest absolute Gasteiger partial charge is 0.396 e. The highest BCUT2D eigenvalue weighted by Gasteiger charge is 2.64. The van der Waals surface area contributed by atoms with Gasteiger partial charge in [0.25, 0.3) is 10.1 Å². The molecule has 0 bridgehead atoms. The minimum Gasteiger partial charge on any atom is -0.396 e. The number of ether oxygens (including phenoxy) is 2. The van der Waals surface area contributed by atoms with Crippen molar-refractivity contribution in [2.24, 2.45) is 5.41 Å². The van der Waals surface area contributed by atoms with E-state index in [-0.39, 0.29) is 0 Å². The van der Waals surface area contributed by atoms with Crippen molar-refractivity contribution in [1.29, 1.82) is 0 Å². The maximum atomic E-state index is 13.4. The molecule has 0 aromatic rings. The fourth-order valence-corrected chi connectivity index (χ4v) is 2.16. The van der Waals surface area contributed by atoms with Crippen LogP contribution >= 0.6 is 15.9 Å². The Morgan fingerprint density at radius 1 is 0.694 bits per heavy atom. The molecule has 0 spiro atoms. The summed E-state index contributed by atoms with van der Waals surface area (Å²) >= 11 is 2.42. The van der Waals surface area contributed by atoms with E-state index in [2.05, 4.69) is 25.4 Å². The molecule has 0 unspecified atom stereocenters. The topological polar surface area (TPSA) is 93.1 Å². The number of hydrogen-bond donors (Lipinski definition) is 2. The molecule has 0 fully saturated rings. The first-order valence-corrected chi connectivity index (χ1v) is 11.4. The summed E-state index contributed by atoms with van der Waals surface area (Å²) in [6.07, 6.45) is -29.3. The van der Waals surface area contributed by atoms with Gasteiger partial charge in [0.2, 0.25) is 0 Å². The van der Waals surface area contributed by atoms with Crippen LogP contribution < -0.4 is 0 Å². The van der Waals surface area contributed by atoms with E-state index >= 15 is 0 Å². The van der Waals surface area contributed by atoms with Gasteiger partial charge in [-0.3, -0.25) is 4.55 Å². The molecule has 0 rings (SSSR count). The summed E-state index contributed by atoms with van der Waals surface area (Å²) in [5.74, 6) is -11.7. The van der Waals surface area contributed by atoms with Gasteiger partial charge in [0.15, 0.2) is 0 Å². The molecule has 36 heavy (non-hydrogen) atoms. The van der Waals surface area contributed by atoms with Crippen molar-refractivity contribution >= 4 is 26.0 Å². The number of rotatable bonds is 12. The van der Waals surface area contributed by atoms with Gasteiger partial charge in [-0.1, -0.05) is 15.9 Å². The van der Waals surface area contributed by atoms with Crippen LogP contribution in [-0.4, -0.2) is 85.9 Å². The SMILES string of the molecule is CS(=O)(=O)O.OCC(CBr)(COC(F)(F)C(F)(F)CC(F)(F)F)COC(F)(F)C(F)(F)CC(F)(F)F. The molecule has 0 heterocycles. The van der Waals surface area contributed by atoms with E-state index in [0.29, 0.717) is 6.26 Å². The van der Waals surface area contributed by atoms with Crippen LogP contribution in [0.5, 0.6) is 0 Å². The van der Waals surface area contributed by atoms with E-state index in [1.165, 1.54) is 0 Å². The molecule has 0 aliphatic rings. The van der Waals surface area contributed by atoms with E-state index in [4.69, 9.17) is 9.66 Å². The van der Waals surface area contributed by atoms with Crippen LogP contribution in [0.3, 0.4) is 0 Å². The van der Waals surface area contributed by atoms with Crippen molar-refractivity contribution in [3.8, 4) is 0 Å². The Balaban J connectivity index is 0. The summed E-state index contributed by atoms with van der Waals surface area (Å²) in [6.45, 7) is -5.48. The lowest BCUT2D eigenvalue weighted by atomic mass is 9.94. The summed E-state index contributed by atoms with van der Waals surface area (Å²) in [7, 11) is -3.67. The summed E-state index contributed by atoms with van der Waals surface area (Å²) in [5.41, 5.74) is -2.67. The van der Waals surface area contributed by atoms with Crippen molar-refractivity contribution in [3.05, 3.63) is 0 Å². The van der Waals surface area contributed by atoms with Crippen LogP contribution in [0, 0.1) is 5.41 Å². The molecule has 0 saturated heterocycles. The average molecular weight is 659 g/mol. The van der Waals surface area contributed by atoms with E-state index in [1.54, 1.807) is 0 Å². The number of halogens is 15. The lowest BCUT2D eigenvalue weighted by molar-refractivity contribution is -0.384. The van der Waals surface area contributed by atoms with Gasteiger partial charge in [-0.25, -0.2) is 0 Å². The van der Waals surface area contributed by atoms with Crippen LogP contribution in [0.15, 0.2) is 0 Å². The Bertz CT molecular complexity index is 726. The number of aliphatic hydroxyl groups excluding tert-OH is 1. The van der Waals surface area contributed by atoms with E-state index < -0.39 is 89.9 Å². The normalized spacial score (nSPS) is 14.9.